The summed E-state index contributed by atoms with van der Waals surface area (Å²) in [5, 5.41) is 2.48. The molecule has 14 heavy (non-hydrogen) atoms. The van der Waals surface area contributed by atoms with E-state index in [0.29, 0.717) is 0 Å². The van der Waals surface area contributed by atoms with E-state index in [9.17, 15) is 9.59 Å². The number of pyridine rings is 1. The Morgan fingerprint density at radius 2 is 2.43 bits per heavy atom. The highest BCUT2D eigenvalue weighted by molar-refractivity contribution is 5.90. The molecule has 0 aromatic carbocycles. The number of H-pyrrole nitrogens is 1. The van der Waals surface area contributed by atoms with Crippen molar-refractivity contribution in [3.63, 3.8) is 0 Å². The van der Waals surface area contributed by atoms with E-state index >= 15 is 0 Å². The van der Waals surface area contributed by atoms with Crippen molar-refractivity contribution in [1.29, 1.82) is 0 Å². The number of amides is 1. The Balaban J connectivity index is 2.65. The van der Waals surface area contributed by atoms with Crippen LogP contribution in [0.1, 0.15) is 13.3 Å². The standard InChI is InChI=1S/C9H13N3O2/c1-6(10)5-8(13)12-7-3-2-4-11-9(7)14/h2-4,6H,5,10H2,1H3,(H,11,14)(H,12,13). The second-order valence-electron chi connectivity index (χ2n) is 3.14. The summed E-state index contributed by atoms with van der Waals surface area (Å²) < 4.78 is 0. The minimum absolute atomic E-state index is 0.203. The van der Waals surface area contributed by atoms with Gasteiger partial charge in [-0.25, -0.2) is 0 Å². The molecule has 1 unspecified atom stereocenters. The minimum atomic E-state index is -0.314. The van der Waals surface area contributed by atoms with Gasteiger partial charge >= 0.3 is 0 Å². The van der Waals surface area contributed by atoms with Crippen LogP contribution >= 0.6 is 0 Å². The van der Waals surface area contributed by atoms with Gasteiger partial charge in [0.05, 0.1) is 0 Å². The average Bonchev–Trinajstić information content (AvgIpc) is 2.07. The Labute approximate surface area is 81.3 Å². The van der Waals surface area contributed by atoms with Gasteiger partial charge in [0, 0.05) is 18.7 Å². The van der Waals surface area contributed by atoms with E-state index in [4.69, 9.17) is 5.73 Å². The number of nitrogens with two attached hydrogens (primary N) is 1. The highest BCUT2D eigenvalue weighted by atomic mass is 16.2. The highest BCUT2D eigenvalue weighted by Gasteiger charge is 2.06. The van der Waals surface area contributed by atoms with Crippen molar-refractivity contribution in [3.05, 3.63) is 28.7 Å². The van der Waals surface area contributed by atoms with Gasteiger partial charge in [-0.1, -0.05) is 0 Å². The molecule has 1 heterocycles. The molecule has 0 aliphatic rings. The Kier molecular flexibility index (Phi) is 3.41. The first-order valence-corrected chi connectivity index (χ1v) is 4.32. The molecule has 1 aromatic heterocycles. The molecule has 1 rings (SSSR count). The van der Waals surface area contributed by atoms with Crippen LogP contribution in [-0.4, -0.2) is 16.9 Å². The first-order valence-electron chi connectivity index (χ1n) is 4.32. The maximum absolute atomic E-state index is 11.2. The first-order chi connectivity index (χ1) is 6.59. The molecular weight excluding hydrogens is 182 g/mol. The predicted molar refractivity (Wildman–Crippen MR) is 54.0 cm³/mol. The summed E-state index contributed by atoms with van der Waals surface area (Å²) in [6, 6.07) is 2.97. The molecule has 0 fully saturated rings. The zero-order valence-corrected chi connectivity index (χ0v) is 7.91. The SMILES string of the molecule is CC(N)CC(=O)Nc1ccc[nH]c1=O. The third-order valence-corrected chi connectivity index (χ3v) is 1.60. The van der Waals surface area contributed by atoms with E-state index in [1.807, 2.05) is 0 Å². The van der Waals surface area contributed by atoms with Crippen molar-refractivity contribution in [2.75, 3.05) is 5.32 Å². The van der Waals surface area contributed by atoms with E-state index in [1.54, 1.807) is 13.0 Å². The van der Waals surface area contributed by atoms with Gasteiger partial charge in [0.1, 0.15) is 5.69 Å². The number of hydrogen-bond donors (Lipinski definition) is 3. The van der Waals surface area contributed by atoms with Gasteiger partial charge in [0.15, 0.2) is 0 Å². The summed E-state index contributed by atoms with van der Waals surface area (Å²) in [7, 11) is 0. The summed E-state index contributed by atoms with van der Waals surface area (Å²) in [4.78, 5) is 24.8. The zero-order chi connectivity index (χ0) is 10.6. The van der Waals surface area contributed by atoms with Crippen molar-refractivity contribution in [3.8, 4) is 0 Å². The summed E-state index contributed by atoms with van der Waals surface area (Å²) in [5.74, 6) is -0.253. The van der Waals surface area contributed by atoms with Crippen molar-refractivity contribution in [2.24, 2.45) is 5.73 Å². The summed E-state index contributed by atoms with van der Waals surface area (Å²) >= 11 is 0. The highest BCUT2D eigenvalue weighted by Crippen LogP contribution is 1.98. The van der Waals surface area contributed by atoms with Gasteiger partial charge < -0.3 is 16.0 Å². The molecule has 1 atom stereocenters. The van der Waals surface area contributed by atoms with E-state index in [-0.39, 0.29) is 29.6 Å². The molecule has 0 aliphatic heterocycles. The fraction of sp³-hybridized carbons (Fsp3) is 0.333. The zero-order valence-electron chi connectivity index (χ0n) is 7.91. The van der Waals surface area contributed by atoms with Gasteiger partial charge in [-0.15, -0.1) is 0 Å². The Hall–Kier alpha value is -1.62. The van der Waals surface area contributed by atoms with Crippen LogP contribution in [0.15, 0.2) is 23.1 Å². The second-order valence-corrected chi connectivity index (χ2v) is 3.14. The second kappa shape index (κ2) is 4.57. The van der Waals surface area contributed by atoms with Crippen molar-refractivity contribution in [2.45, 2.75) is 19.4 Å². The lowest BCUT2D eigenvalue weighted by molar-refractivity contribution is -0.116. The topological polar surface area (TPSA) is 88.0 Å². The first kappa shape index (κ1) is 10.5. The van der Waals surface area contributed by atoms with Crippen LogP contribution in [0.25, 0.3) is 0 Å². The average molecular weight is 195 g/mol. The van der Waals surface area contributed by atoms with Crippen LogP contribution in [0, 0.1) is 0 Å². The van der Waals surface area contributed by atoms with E-state index < -0.39 is 0 Å². The molecular formula is C9H13N3O2. The molecule has 0 saturated carbocycles. The van der Waals surface area contributed by atoms with Crippen LogP contribution in [-0.2, 0) is 4.79 Å². The summed E-state index contributed by atoms with van der Waals surface area (Å²) in [6.07, 6.45) is 1.71. The number of carbonyl (C=O) groups is 1. The quantitative estimate of drug-likeness (QED) is 0.636. The van der Waals surface area contributed by atoms with Crippen LogP contribution < -0.4 is 16.6 Å². The predicted octanol–water partition coefficient (Wildman–Crippen LogP) is 0.0507. The largest absolute Gasteiger partial charge is 0.327 e. The number of aromatic amines is 1. The van der Waals surface area contributed by atoms with Gasteiger partial charge in [-0.3, -0.25) is 9.59 Å². The molecule has 4 N–H and O–H groups in total. The van der Waals surface area contributed by atoms with Crippen LogP contribution in [0.5, 0.6) is 0 Å². The molecule has 76 valence electrons. The number of aromatic nitrogens is 1. The van der Waals surface area contributed by atoms with Crippen LogP contribution in [0.3, 0.4) is 0 Å². The Morgan fingerprint density at radius 1 is 1.71 bits per heavy atom. The third kappa shape index (κ3) is 3.02. The molecule has 0 bridgehead atoms. The van der Waals surface area contributed by atoms with Crippen LogP contribution in [0.4, 0.5) is 5.69 Å². The molecule has 1 amide bonds. The Bertz CT molecular complexity index is 370. The van der Waals surface area contributed by atoms with Crippen molar-refractivity contribution in [1.82, 2.24) is 4.98 Å². The number of rotatable bonds is 3. The molecule has 1 aromatic rings. The summed E-state index contributed by atoms with van der Waals surface area (Å²) in [5.41, 5.74) is 5.37. The molecule has 5 nitrogen and oxygen atoms in total. The summed E-state index contributed by atoms with van der Waals surface area (Å²) in [6.45, 7) is 1.73. The lowest BCUT2D eigenvalue weighted by Gasteiger charge is -2.05. The fourth-order valence-electron chi connectivity index (χ4n) is 1.01. The Morgan fingerprint density at radius 3 is 3.00 bits per heavy atom. The number of hydrogen-bond acceptors (Lipinski definition) is 3. The maximum Gasteiger partial charge on any atom is 0.271 e. The van der Waals surface area contributed by atoms with Crippen molar-refractivity contribution >= 4 is 11.6 Å². The molecule has 0 saturated heterocycles. The molecule has 0 aliphatic carbocycles. The molecule has 0 radical (unpaired) electrons. The van der Waals surface area contributed by atoms with Crippen molar-refractivity contribution < 1.29 is 4.79 Å². The maximum atomic E-state index is 11.2. The number of carbonyl (C=O) groups excluding carboxylic acids is 1. The van der Waals surface area contributed by atoms with E-state index in [0.717, 1.165) is 0 Å². The van der Waals surface area contributed by atoms with E-state index in [1.165, 1.54) is 12.3 Å². The normalized spacial score (nSPS) is 12.1. The monoisotopic (exact) mass is 195 g/mol. The van der Waals surface area contributed by atoms with Gasteiger partial charge in [-0.05, 0) is 19.1 Å². The number of nitrogens with one attached hydrogen (secondary N) is 2. The fourth-order valence-corrected chi connectivity index (χ4v) is 1.01. The van der Waals surface area contributed by atoms with Gasteiger partial charge in [0.25, 0.3) is 5.56 Å². The van der Waals surface area contributed by atoms with Crippen LogP contribution in [0.2, 0.25) is 0 Å². The minimum Gasteiger partial charge on any atom is -0.327 e. The van der Waals surface area contributed by atoms with E-state index in [2.05, 4.69) is 10.3 Å². The lowest BCUT2D eigenvalue weighted by atomic mass is 10.2. The smallest absolute Gasteiger partial charge is 0.271 e. The molecule has 5 heteroatoms. The third-order valence-electron chi connectivity index (χ3n) is 1.60. The molecule has 0 spiro atoms. The van der Waals surface area contributed by atoms with Gasteiger partial charge in [-0.2, -0.15) is 0 Å². The number of anilines is 1. The van der Waals surface area contributed by atoms with Gasteiger partial charge in [0.2, 0.25) is 5.91 Å². The lowest BCUT2D eigenvalue weighted by Crippen LogP contribution is -2.26.